The molecule has 0 unspecified atom stereocenters. The second-order valence-corrected chi connectivity index (χ2v) is 6.90. The van der Waals surface area contributed by atoms with Gasteiger partial charge in [-0.1, -0.05) is 12.1 Å². The largest absolute Gasteiger partial charge is 0.323 e. The number of imidazole rings is 1. The number of H-pyrrole nitrogens is 2. The van der Waals surface area contributed by atoms with Crippen molar-refractivity contribution in [2.24, 2.45) is 0 Å². The van der Waals surface area contributed by atoms with Crippen LogP contribution >= 0.6 is 0 Å². The smallest absolute Gasteiger partial charge is 0.306 e. The molecule has 6 nitrogen and oxygen atoms in total. The van der Waals surface area contributed by atoms with E-state index in [9.17, 15) is 17.6 Å². The van der Waals surface area contributed by atoms with Crippen LogP contribution in [-0.2, 0) is 10.0 Å². The second kappa shape index (κ2) is 5.64. The monoisotopic (exact) mass is 335 g/mol. The Morgan fingerprint density at radius 3 is 2.39 bits per heavy atom. The third-order valence-electron chi connectivity index (χ3n) is 3.50. The van der Waals surface area contributed by atoms with Crippen LogP contribution in [0.3, 0.4) is 0 Å². The van der Waals surface area contributed by atoms with Crippen LogP contribution < -0.4 is 10.4 Å². The summed E-state index contributed by atoms with van der Waals surface area (Å²) in [7, 11) is -3.78. The Bertz CT molecular complexity index is 1010. The van der Waals surface area contributed by atoms with Crippen LogP contribution in [0, 0.1) is 5.82 Å². The number of sulfonamides is 1. The van der Waals surface area contributed by atoms with Gasteiger partial charge in [0, 0.05) is 6.04 Å². The first kappa shape index (κ1) is 15.4. The van der Waals surface area contributed by atoms with E-state index in [4.69, 9.17) is 0 Å². The van der Waals surface area contributed by atoms with Crippen molar-refractivity contribution in [2.45, 2.75) is 17.9 Å². The minimum atomic E-state index is -3.78. The maximum absolute atomic E-state index is 12.9. The molecule has 3 aromatic rings. The molecule has 0 saturated carbocycles. The first-order valence-electron chi connectivity index (χ1n) is 6.85. The number of aromatic nitrogens is 2. The number of aromatic amines is 2. The molecule has 0 spiro atoms. The molecule has 1 heterocycles. The highest BCUT2D eigenvalue weighted by Gasteiger charge is 2.19. The fraction of sp³-hybridized carbons (Fsp3) is 0.133. The molecule has 0 bridgehead atoms. The van der Waals surface area contributed by atoms with Crippen molar-refractivity contribution < 1.29 is 12.8 Å². The Kier molecular flexibility index (Phi) is 3.78. The summed E-state index contributed by atoms with van der Waals surface area (Å²) in [5.41, 5.74) is 1.18. The van der Waals surface area contributed by atoms with Crippen LogP contribution in [0.25, 0.3) is 11.0 Å². The lowest BCUT2D eigenvalue weighted by Crippen LogP contribution is -2.26. The highest BCUT2D eigenvalue weighted by molar-refractivity contribution is 7.89. The Hall–Kier alpha value is -2.45. The molecular formula is C15H14FN3O3S. The highest BCUT2D eigenvalue weighted by Crippen LogP contribution is 2.19. The van der Waals surface area contributed by atoms with Gasteiger partial charge in [0.25, 0.3) is 0 Å². The zero-order valence-electron chi connectivity index (χ0n) is 12.1. The van der Waals surface area contributed by atoms with Crippen LogP contribution in [0.1, 0.15) is 18.5 Å². The molecule has 3 N–H and O–H groups in total. The molecule has 120 valence electrons. The van der Waals surface area contributed by atoms with Crippen LogP contribution in [-0.4, -0.2) is 18.4 Å². The molecule has 0 saturated heterocycles. The highest BCUT2D eigenvalue weighted by atomic mass is 32.2. The predicted molar refractivity (Wildman–Crippen MR) is 84.1 cm³/mol. The number of benzene rings is 2. The fourth-order valence-corrected chi connectivity index (χ4v) is 3.56. The van der Waals surface area contributed by atoms with Crippen molar-refractivity contribution in [2.75, 3.05) is 0 Å². The molecule has 1 aromatic heterocycles. The molecule has 0 fully saturated rings. The molecule has 0 radical (unpaired) electrons. The summed E-state index contributed by atoms with van der Waals surface area (Å²) < 4.78 is 40.4. The van der Waals surface area contributed by atoms with E-state index in [-0.39, 0.29) is 10.7 Å². The zero-order chi connectivity index (χ0) is 16.6. The molecule has 0 aliphatic carbocycles. The van der Waals surface area contributed by atoms with Gasteiger partial charge in [0.15, 0.2) is 0 Å². The van der Waals surface area contributed by atoms with Crippen molar-refractivity contribution in [3.63, 3.8) is 0 Å². The minimum Gasteiger partial charge on any atom is -0.306 e. The summed E-state index contributed by atoms with van der Waals surface area (Å²) in [6.07, 6.45) is 0. The van der Waals surface area contributed by atoms with Crippen molar-refractivity contribution in [3.05, 3.63) is 64.3 Å². The van der Waals surface area contributed by atoms with E-state index in [1.807, 2.05) is 0 Å². The molecule has 8 heteroatoms. The van der Waals surface area contributed by atoms with E-state index in [0.717, 1.165) is 0 Å². The van der Waals surface area contributed by atoms with Crippen molar-refractivity contribution in [1.82, 2.24) is 14.7 Å². The van der Waals surface area contributed by atoms with Crippen LogP contribution in [0.2, 0.25) is 0 Å². The fourth-order valence-electron chi connectivity index (χ4n) is 2.30. The summed E-state index contributed by atoms with van der Waals surface area (Å²) in [5.74, 6) is -0.384. The average molecular weight is 335 g/mol. The lowest BCUT2D eigenvalue weighted by Gasteiger charge is -2.14. The Morgan fingerprint density at radius 2 is 1.70 bits per heavy atom. The van der Waals surface area contributed by atoms with E-state index in [2.05, 4.69) is 14.7 Å². The summed E-state index contributed by atoms with van der Waals surface area (Å²) in [5, 5.41) is 0. The van der Waals surface area contributed by atoms with Gasteiger partial charge in [-0.2, -0.15) is 0 Å². The number of fused-ring (bicyclic) bond motifs is 1. The van der Waals surface area contributed by atoms with Gasteiger partial charge in [0.05, 0.1) is 15.9 Å². The first-order valence-corrected chi connectivity index (χ1v) is 8.33. The molecule has 1 atom stereocenters. The second-order valence-electron chi connectivity index (χ2n) is 5.18. The molecular weight excluding hydrogens is 321 g/mol. The average Bonchev–Trinajstić information content (AvgIpc) is 2.86. The molecule has 0 aliphatic rings. The minimum absolute atomic E-state index is 0.0363. The number of hydrogen-bond donors (Lipinski definition) is 3. The van der Waals surface area contributed by atoms with Crippen molar-refractivity contribution in [3.8, 4) is 0 Å². The van der Waals surface area contributed by atoms with Crippen LogP contribution in [0.5, 0.6) is 0 Å². The Morgan fingerprint density at radius 1 is 1.04 bits per heavy atom. The molecule has 23 heavy (non-hydrogen) atoms. The predicted octanol–water partition coefficient (Wildman–Crippen LogP) is 2.03. The van der Waals surface area contributed by atoms with Gasteiger partial charge in [0.1, 0.15) is 5.82 Å². The number of nitrogens with one attached hydrogen (secondary N) is 3. The van der Waals surface area contributed by atoms with E-state index in [1.165, 1.54) is 42.5 Å². The van der Waals surface area contributed by atoms with E-state index in [1.54, 1.807) is 6.92 Å². The standard InChI is InChI=1S/C15H14FN3O3S/c1-9(10-2-4-11(16)5-3-10)19-23(21,22)12-6-7-13-14(8-12)18-15(20)17-13/h2-9,19H,1H3,(H2,17,18,20)/t9-/m0/s1. The summed E-state index contributed by atoms with van der Waals surface area (Å²) >= 11 is 0. The molecule has 0 amide bonds. The van der Waals surface area contributed by atoms with Crippen molar-refractivity contribution in [1.29, 1.82) is 0 Å². The van der Waals surface area contributed by atoms with Gasteiger partial charge in [0.2, 0.25) is 10.0 Å². The van der Waals surface area contributed by atoms with Gasteiger partial charge in [-0.25, -0.2) is 22.3 Å². The topological polar surface area (TPSA) is 94.8 Å². The number of rotatable bonds is 4. The van der Waals surface area contributed by atoms with E-state index in [0.29, 0.717) is 16.6 Å². The quantitative estimate of drug-likeness (QED) is 0.681. The number of halogens is 1. The molecule has 0 aliphatic heterocycles. The van der Waals surface area contributed by atoms with Gasteiger partial charge in [-0.05, 0) is 42.8 Å². The summed E-state index contributed by atoms with van der Waals surface area (Å²) in [6, 6.07) is 9.38. The van der Waals surface area contributed by atoms with Crippen LogP contribution in [0.15, 0.2) is 52.2 Å². The third-order valence-corrected chi connectivity index (χ3v) is 5.04. The van der Waals surface area contributed by atoms with Gasteiger partial charge >= 0.3 is 5.69 Å². The van der Waals surface area contributed by atoms with E-state index >= 15 is 0 Å². The SMILES string of the molecule is C[C@H](NS(=O)(=O)c1ccc2[nH]c(=O)[nH]c2c1)c1ccc(F)cc1. The first-order chi connectivity index (χ1) is 10.8. The van der Waals surface area contributed by atoms with E-state index < -0.39 is 21.8 Å². The molecule has 3 rings (SSSR count). The molecule has 2 aromatic carbocycles. The number of hydrogen-bond acceptors (Lipinski definition) is 3. The van der Waals surface area contributed by atoms with Gasteiger partial charge in [-0.3, -0.25) is 0 Å². The lowest BCUT2D eigenvalue weighted by atomic mass is 10.1. The van der Waals surface area contributed by atoms with Crippen LogP contribution in [0.4, 0.5) is 4.39 Å². The third kappa shape index (κ3) is 3.17. The Balaban J connectivity index is 1.90. The maximum Gasteiger partial charge on any atom is 0.323 e. The van der Waals surface area contributed by atoms with Gasteiger partial charge in [-0.15, -0.1) is 0 Å². The summed E-state index contributed by atoms with van der Waals surface area (Å²) in [6.45, 7) is 1.67. The van der Waals surface area contributed by atoms with Crippen molar-refractivity contribution >= 4 is 21.1 Å². The lowest BCUT2D eigenvalue weighted by molar-refractivity contribution is 0.566. The summed E-state index contributed by atoms with van der Waals surface area (Å²) in [4.78, 5) is 16.3. The van der Waals surface area contributed by atoms with Gasteiger partial charge < -0.3 is 9.97 Å². The zero-order valence-corrected chi connectivity index (χ0v) is 12.9. The Labute approximate surface area is 131 Å². The maximum atomic E-state index is 12.9. The normalized spacial score (nSPS) is 13.3.